The predicted octanol–water partition coefficient (Wildman–Crippen LogP) is 5.38. The van der Waals surface area contributed by atoms with Crippen molar-refractivity contribution in [1.82, 2.24) is 0 Å². The fourth-order valence-electron chi connectivity index (χ4n) is 2.83. The smallest absolute Gasteiger partial charge is 0.383 e. The fraction of sp³-hybridized carbons (Fsp3) is 0.278. The highest BCUT2D eigenvalue weighted by Crippen LogP contribution is 2.44. The minimum atomic E-state index is -4.34. The van der Waals surface area contributed by atoms with Crippen molar-refractivity contribution in [3.63, 3.8) is 0 Å². The third-order valence-electron chi connectivity index (χ3n) is 3.99. The SMILES string of the molecule is CSc1ccc(C2=NOC(CC(F)(F)F)(c3ccccc3)C2)cc1. The van der Waals surface area contributed by atoms with E-state index >= 15 is 0 Å². The number of hydrogen-bond acceptors (Lipinski definition) is 3. The van der Waals surface area contributed by atoms with Crippen molar-refractivity contribution in [1.29, 1.82) is 0 Å². The van der Waals surface area contributed by atoms with Gasteiger partial charge in [-0.05, 0) is 29.5 Å². The van der Waals surface area contributed by atoms with E-state index in [-0.39, 0.29) is 6.42 Å². The molecule has 3 rings (SSSR count). The van der Waals surface area contributed by atoms with Gasteiger partial charge in [0.15, 0.2) is 5.60 Å². The molecular weight excluding hydrogens is 335 g/mol. The van der Waals surface area contributed by atoms with Crippen molar-refractivity contribution >= 4 is 17.5 Å². The van der Waals surface area contributed by atoms with Crippen LogP contribution in [0.2, 0.25) is 0 Å². The minimum absolute atomic E-state index is 0.0924. The summed E-state index contributed by atoms with van der Waals surface area (Å²) in [6.07, 6.45) is -3.35. The van der Waals surface area contributed by atoms with E-state index in [0.717, 1.165) is 10.5 Å². The molecule has 1 aliphatic rings. The summed E-state index contributed by atoms with van der Waals surface area (Å²) >= 11 is 1.60. The molecule has 24 heavy (non-hydrogen) atoms. The zero-order chi connectivity index (χ0) is 17.2. The van der Waals surface area contributed by atoms with Crippen LogP contribution in [-0.4, -0.2) is 18.1 Å². The van der Waals surface area contributed by atoms with Crippen LogP contribution in [0.5, 0.6) is 0 Å². The Hall–Kier alpha value is -1.95. The number of benzene rings is 2. The van der Waals surface area contributed by atoms with E-state index < -0.39 is 18.2 Å². The van der Waals surface area contributed by atoms with Crippen molar-refractivity contribution in [2.45, 2.75) is 29.5 Å². The molecule has 0 spiro atoms. The van der Waals surface area contributed by atoms with Crippen LogP contribution in [0, 0.1) is 0 Å². The Balaban J connectivity index is 1.90. The highest BCUT2D eigenvalue weighted by atomic mass is 32.2. The van der Waals surface area contributed by atoms with Gasteiger partial charge in [0.25, 0.3) is 0 Å². The molecule has 2 nitrogen and oxygen atoms in total. The van der Waals surface area contributed by atoms with Gasteiger partial charge in [-0.2, -0.15) is 13.2 Å². The maximum absolute atomic E-state index is 13.1. The molecular formula is C18H16F3NOS. The Kier molecular flexibility index (Phi) is 4.58. The van der Waals surface area contributed by atoms with Crippen LogP contribution in [0.25, 0.3) is 0 Å². The lowest BCUT2D eigenvalue weighted by Crippen LogP contribution is -2.32. The van der Waals surface area contributed by atoms with Crippen molar-refractivity contribution in [2.75, 3.05) is 6.26 Å². The van der Waals surface area contributed by atoms with Crippen LogP contribution in [-0.2, 0) is 10.4 Å². The zero-order valence-electron chi connectivity index (χ0n) is 13.0. The standard InChI is InChI=1S/C18H16F3NOS/c1-24-15-9-7-13(8-10-15)16-11-17(23-22-16,12-18(19,20)21)14-5-3-2-4-6-14/h2-10H,11-12H2,1H3. The molecule has 126 valence electrons. The lowest BCUT2D eigenvalue weighted by molar-refractivity contribution is -0.186. The Morgan fingerprint density at radius 2 is 1.75 bits per heavy atom. The molecule has 0 radical (unpaired) electrons. The monoisotopic (exact) mass is 351 g/mol. The van der Waals surface area contributed by atoms with Gasteiger partial charge in [0.2, 0.25) is 0 Å². The molecule has 1 unspecified atom stereocenters. The predicted molar refractivity (Wildman–Crippen MR) is 89.3 cm³/mol. The van der Waals surface area contributed by atoms with Gasteiger partial charge in [0.05, 0.1) is 12.1 Å². The molecule has 1 atom stereocenters. The maximum atomic E-state index is 13.1. The molecule has 0 aromatic heterocycles. The Morgan fingerprint density at radius 3 is 2.33 bits per heavy atom. The summed E-state index contributed by atoms with van der Waals surface area (Å²) in [6, 6.07) is 16.1. The summed E-state index contributed by atoms with van der Waals surface area (Å²) in [5.41, 5.74) is 0.317. The van der Waals surface area contributed by atoms with Crippen LogP contribution >= 0.6 is 11.8 Å². The third-order valence-corrected chi connectivity index (χ3v) is 4.74. The molecule has 6 heteroatoms. The van der Waals surface area contributed by atoms with Gasteiger partial charge in [-0.3, -0.25) is 0 Å². The molecule has 1 heterocycles. The Morgan fingerprint density at radius 1 is 1.08 bits per heavy atom. The molecule has 2 aromatic rings. The van der Waals surface area contributed by atoms with Crippen LogP contribution in [0.4, 0.5) is 13.2 Å². The second kappa shape index (κ2) is 6.51. The summed E-state index contributed by atoms with van der Waals surface area (Å²) in [5, 5.41) is 3.99. The number of nitrogens with zero attached hydrogens (tertiary/aromatic N) is 1. The molecule has 0 saturated carbocycles. The molecule has 0 amide bonds. The molecule has 0 aliphatic carbocycles. The highest BCUT2D eigenvalue weighted by Gasteiger charge is 2.49. The second-order valence-corrected chi connectivity index (χ2v) is 6.57. The first kappa shape index (κ1) is 16.9. The number of halogens is 3. The Labute approximate surface area is 142 Å². The van der Waals surface area contributed by atoms with Crippen LogP contribution in [0.15, 0.2) is 64.6 Å². The van der Waals surface area contributed by atoms with Crippen LogP contribution in [0.1, 0.15) is 24.0 Å². The van der Waals surface area contributed by atoms with E-state index in [1.807, 2.05) is 30.5 Å². The van der Waals surface area contributed by atoms with Crippen molar-refractivity contribution in [2.24, 2.45) is 5.16 Å². The molecule has 2 aromatic carbocycles. The van der Waals surface area contributed by atoms with Crippen molar-refractivity contribution in [3.05, 3.63) is 65.7 Å². The summed E-state index contributed by atoms with van der Waals surface area (Å²) < 4.78 is 39.4. The fourth-order valence-corrected chi connectivity index (χ4v) is 3.24. The number of hydrogen-bond donors (Lipinski definition) is 0. The zero-order valence-corrected chi connectivity index (χ0v) is 13.8. The number of thioether (sulfide) groups is 1. The Bertz CT molecular complexity index is 728. The minimum Gasteiger partial charge on any atom is -0.383 e. The first-order valence-electron chi connectivity index (χ1n) is 7.44. The summed E-state index contributed by atoms with van der Waals surface area (Å²) in [6.45, 7) is 0. The van der Waals surface area contributed by atoms with Crippen LogP contribution in [0.3, 0.4) is 0 Å². The van der Waals surface area contributed by atoms with Gasteiger partial charge in [0.1, 0.15) is 0 Å². The second-order valence-electron chi connectivity index (χ2n) is 5.69. The molecule has 0 fully saturated rings. The van der Waals surface area contributed by atoms with Gasteiger partial charge in [-0.25, -0.2) is 0 Å². The molecule has 0 bridgehead atoms. The molecule has 1 aliphatic heterocycles. The largest absolute Gasteiger partial charge is 0.393 e. The summed E-state index contributed by atoms with van der Waals surface area (Å²) in [4.78, 5) is 6.48. The van der Waals surface area contributed by atoms with Crippen molar-refractivity contribution < 1.29 is 18.0 Å². The van der Waals surface area contributed by atoms with Gasteiger partial charge in [-0.1, -0.05) is 47.6 Å². The van der Waals surface area contributed by atoms with Crippen molar-refractivity contribution in [3.8, 4) is 0 Å². The first-order chi connectivity index (χ1) is 11.4. The number of rotatable bonds is 4. The maximum Gasteiger partial charge on any atom is 0.393 e. The lowest BCUT2D eigenvalue weighted by atomic mass is 9.84. The number of oxime groups is 1. The van der Waals surface area contributed by atoms with E-state index in [1.54, 1.807) is 42.1 Å². The van der Waals surface area contributed by atoms with E-state index in [9.17, 15) is 13.2 Å². The quantitative estimate of drug-likeness (QED) is 0.690. The van der Waals surface area contributed by atoms with Crippen LogP contribution < -0.4 is 0 Å². The van der Waals surface area contributed by atoms with E-state index in [2.05, 4.69) is 5.16 Å². The molecule has 0 saturated heterocycles. The summed E-state index contributed by atoms with van der Waals surface area (Å²) in [7, 11) is 0. The summed E-state index contributed by atoms with van der Waals surface area (Å²) in [5.74, 6) is 0. The van der Waals surface area contributed by atoms with E-state index in [0.29, 0.717) is 11.3 Å². The normalized spacial score (nSPS) is 20.6. The van der Waals surface area contributed by atoms with E-state index in [1.165, 1.54) is 0 Å². The highest BCUT2D eigenvalue weighted by molar-refractivity contribution is 7.98. The van der Waals surface area contributed by atoms with Gasteiger partial charge in [0, 0.05) is 11.3 Å². The number of alkyl halides is 3. The van der Waals surface area contributed by atoms with E-state index in [4.69, 9.17) is 4.84 Å². The van der Waals surface area contributed by atoms with Gasteiger partial charge in [-0.15, -0.1) is 11.8 Å². The average Bonchev–Trinajstić information content (AvgIpc) is 2.99. The first-order valence-corrected chi connectivity index (χ1v) is 8.66. The third kappa shape index (κ3) is 3.59. The molecule has 0 N–H and O–H groups in total. The lowest BCUT2D eigenvalue weighted by Gasteiger charge is -2.28. The van der Waals surface area contributed by atoms with Gasteiger partial charge >= 0.3 is 6.18 Å². The van der Waals surface area contributed by atoms with Gasteiger partial charge < -0.3 is 4.84 Å². The topological polar surface area (TPSA) is 21.6 Å². The average molecular weight is 351 g/mol.